The van der Waals surface area contributed by atoms with Crippen molar-refractivity contribution in [2.24, 2.45) is 5.92 Å². The maximum absolute atomic E-state index is 3.56. The largest absolute Gasteiger partial charge is 0.314 e. The van der Waals surface area contributed by atoms with Crippen molar-refractivity contribution in [1.29, 1.82) is 0 Å². The van der Waals surface area contributed by atoms with Crippen LogP contribution in [0, 0.1) is 5.92 Å². The monoisotopic (exact) mass is 212 g/mol. The average Bonchev–Trinajstić information content (AvgIpc) is 2.10. The van der Waals surface area contributed by atoms with Crippen molar-refractivity contribution in [3.63, 3.8) is 0 Å². The van der Waals surface area contributed by atoms with Crippen LogP contribution in [0.1, 0.15) is 47.0 Å². The molecule has 1 N–H and O–H groups in total. The molecule has 1 aliphatic rings. The fourth-order valence-electron chi connectivity index (χ4n) is 2.48. The SMILES string of the molecule is CC(C)CC(C)N1CCCNC(C)CC1. The second kappa shape index (κ2) is 6.49. The van der Waals surface area contributed by atoms with Gasteiger partial charge in [-0.1, -0.05) is 13.8 Å². The van der Waals surface area contributed by atoms with Crippen LogP contribution in [-0.4, -0.2) is 36.6 Å². The van der Waals surface area contributed by atoms with Crippen LogP contribution in [0.4, 0.5) is 0 Å². The minimum atomic E-state index is 0.694. The molecule has 0 spiro atoms. The Morgan fingerprint density at radius 1 is 1.27 bits per heavy atom. The van der Waals surface area contributed by atoms with Crippen LogP contribution in [0.3, 0.4) is 0 Å². The minimum absolute atomic E-state index is 0.694. The first-order chi connectivity index (χ1) is 7.09. The van der Waals surface area contributed by atoms with Gasteiger partial charge in [0.25, 0.3) is 0 Å². The Hall–Kier alpha value is -0.0800. The van der Waals surface area contributed by atoms with Gasteiger partial charge in [0.1, 0.15) is 0 Å². The summed E-state index contributed by atoms with van der Waals surface area (Å²) < 4.78 is 0. The van der Waals surface area contributed by atoms with E-state index in [9.17, 15) is 0 Å². The third-order valence-electron chi connectivity index (χ3n) is 3.40. The molecule has 0 aromatic rings. The highest BCUT2D eigenvalue weighted by atomic mass is 15.2. The summed E-state index contributed by atoms with van der Waals surface area (Å²) in [4.78, 5) is 2.68. The number of rotatable bonds is 3. The van der Waals surface area contributed by atoms with Gasteiger partial charge in [-0.05, 0) is 58.7 Å². The lowest BCUT2D eigenvalue weighted by Gasteiger charge is -2.33. The zero-order chi connectivity index (χ0) is 11.3. The third-order valence-corrected chi connectivity index (χ3v) is 3.40. The fourth-order valence-corrected chi connectivity index (χ4v) is 2.48. The summed E-state index contributed by atoms with van der Waals surface area (Å²) in [6, 6.07) is 1.45. The quantitative estimate of drug-likeness (QED) is 0.773. The molecule has 0 aliphatic carbocycles. The van der Waals surface area contributed by atoms with Gasteiger partial charge in [0.05, 0.1) is 0 Å². The molecule has 1 rings (SSSR count). The summed E-state index contributed by atoms with van der Waals surface area (Å²) in [5.74, 6) is 0.820. The lowest BCUT2D eigenvalue weighted by atomic mass is 10.0. The van der Waals surface area contributed by atoms with Crippen LogP contribution in [0.15, 0.2) is 0 Å². The van der Waals surface area contributed by atoms with Crippen LogP contribution in [0.2, 0.25) is 0 Å². The van der Waals surface area contributed by atoms with E-state index in [0.29, 0.717) is 6.04 Å². The van der Waals surface area contributed by atoms with Gasteiger partial charge in [-0.2, -0.15) is 0 Å². The normalized spacial score (nSPS) is 27.4. The molecule has 1 aliphatic heterocycles. The van der Waals surface area contributed by atoms with Gasteiger partial charge in [-0.25, -0.2) is 0 Å². The Kier molecular flexibility index (Phi) is 5.62. The first kappa shape index (κ1) is 13.0. The van der Waals surface area contributed by atoms with Gasteiger partial charge >= 0.3 is 0 Å². The third kappa shape index (κ3) is 4.98. The molecule has 0 aromatic carbocycles. The molecule has 2 atom stereocenters. The van der Waals surface area contributed by atoms with Crippen molar-refractivity contribution in [1.82, 2.24) is 10.2 Å². The van der Waals surface area contributed by atoms with Gasteiger partial charge in [-0.15, -0.1) is 0 Å². The summed E-state index contributed by atoms with van der Waals surface area (Å²) in [5.41, 5.74) is 0. The van der Waals surface area contributed by atoms with Gasteiger partial charge in [0.2, 0.25) is 0 Å². The molecular formula is C13H28N2. The Morgan fingerprint density at radius 2 is 2.00 bits per heavy atom. The summed E-state index contributed by atoms with van der Waals surface area (Å²) in [5, 5.41) is 3.56. The first-order valence-electron chi connectivity index (χ1n) is 6.57. The molecule has 0 amide bonds. The molecule has 1 fully saturated rings. The molecule has 0 saturated carbocycles. The molecule has 90 valence electrons. The van der Waals surface area contributed by atoms with Gasteiger partial charge in [0.15, 0.2) is 0 Å². The molecule has 0 aromatic heterocycles. The highest BCUT2D eigenvalue weighted by Crippen LogP contribution is 2.13. The van der Waals surface area contributed by atoms with Crippen molar-refractivity contribution in [3.05, 3.63) is 0 Å². The molecular weight excluding hydrogens is 184 g/mol. The van der Waals surface area contributed by atoms with Crippen LogP contribution >= 0.6 is 0 Å². The van der Waals surface area contributed by atoms with Crippen molar-refractivity contribution in [2.45, 2.75) is 59.0 Å². The van der Waals surface area contributed by atoms with Crippen LogP contribution < -0.4 is 5.32 Å². The lowest BCUT2D eigenvalue weighted by molar-refractivity contribution is 0.165. The van der Waals surface area contributed by atoms with E-state index in [2.05, 4.69) is 37.9 Å². The smallest absolute Gasteiger partial charge is 0.00693 e. The maximum atomic E-state index is 3.56. The molecule has 15 heavy (non-hydrogen) atoms. The molecule has 0 bridgehead atoms. The standard InChI is InChI=1S/C13H28N2/c1-11(2)10-13(4)15-8-5-7-14-12(3)6-9-15/h11-14H,5-10H2,1-4H3. The summed E-state index contributed by atoms with van der Waals surface area (Å²) in [6.45, 7) is 13.1. The van der Waals surface area contributed by atoms with Crippen LogP contribution in [0.5, 0.6) is 0 Å². The van der Waals surface area contributed by atoms with Crippen molar-refractivity contribution in [2.75, 3.05) is 19.6 Å². The number of hydrogen-bond acceptors (Lipinski definition) is 2. The predicted molar refractivity (Wildman–Crippen MR) is 67.2 cm³/mol. The van der Waals surface area contributed by atoms with Gasteiger partial charge in [-0.3, -0.25) is 0 Å². The zero-order valence-electron chi connectivity index (χ0n) is 10.9. The summed E-state index contributed by atoms with van der Waals surface area (Å²) in [6.07, 6.45) is 3.93. The summed E-state index contributed by atoms with van der Waals surface area (Å²) in [7, 11) is 0. The van der Waals surface area contributed by atoms with E-state index in [1.807, 2.05) is 0 Å². The second-order valence-electron chi connectivity index (χ2n) is 5.51. The van der Waals surface area contributed by atoms with Crippen molar-refractivity contribution in [3.8, 4) is 0 Å². The number of nitrogens with one attached hydrogen (secondary N) is 1. The molecule has 1 saturated heterocycles. The number of nitrogens with zero attached hydrogens (tertiary/aromatic N) is 1. The van der Waals surface area contributed by atoms with E-state index in [4.69, 9.17) is 0 Å². The summed E-state index contributed by atoms with van der Waals surface area (Å²) >= 11 is 0. The molecule has 2 heteroatoms. The van der Waals surface area contributed by atoms with Gasteiger partial charge in [0, 0.05) is 12.1 Å². The highest BCUT2D eigenvalue weighted by Gasteiger charge is 2.17. The van der Waals surface area contributed by atoms with E-state index in [-0.39, 0.29) is 0 Å². The average molecular weight is 212 g/mol. The maximum Gasteiger partial charge on any atom is 0.00693 e. The Bertz CT molecular complexity index is 168. The molecule has 0 radical (unpaired) electrons. The van der Waals surface area contributed by atoms with E-state index >= 15 is 0 Å². The Labute approximate surface area is 95.4 Å². The first-order valence-corrected chi connectivity index (χ1v) is 6.57. The molecule has 2 unspecified atom stereocenters. The van der Waals surface area contributed by atoms with E-state index in [0.717, 1.165) is 12.0 Å². The minimum Gasteiger partial charge on any atom is -0.314 e. The highest BCUT2D eigenvalue weighted by molar-refractivity contribution is 4.74. The van der Waals surface area contributed by atoms with E-state index < -0.39 is 0 Å². The Morgan fingerprint density at radius 3 is 2.67 bits per heavy atom. The predicted octanol–water partition coefficient (Wildman–Crippen LogP) is 2.49. The van der Waals surface area contributed by atoms with Crippen molar-refractivity contribution < 1.29 is 0 Å². The topological polar surface area (TPSA) is 15.3 Å². The van der Waals surface area contributed by atoms with Crippen LogP contribution in [-0.2, 0) is 0 Å². The molecule has 2 nitrogen and oxygen atoms in total. The molecule has 1 heterocycles. The Balaban J connectivity index is 2.37. The van der Waals surface area contributed by atoms with Crippen LogP contribution in [0.25, 0.3) is 0 Å². The second-order valence-corrected chi connectivity index (χ2v) is 5.51. The van der Waals surface area contributed by atoms with Crippen molar-refractivity contribution >= 4 is 0 Å². The van der Waals surface area contributed by atoms with Gasteiger partial charge < -0.3 is 10.2 Å². The number of hydrogen-bond donors (Lipinski definition) is 1. The van der Waals surface area contributed by atoms with E-state index in [1.54, 1.807) is 0 Å². The fraction of sp³-hybridized carbons (Fsp3) is 1.00. The zero-order valence-corrected chi connectivity index (χ0v) is 10.9. The van der Waals surface area contributed by atoms with E-state index in [1.165, 1.54) is 38.9 Å². The lowest BCUT2D eigenvalue weighted by Crippen LogP contribution is -2.42.